The molecule has 2 rings (SSSR count). The molecule has 0 fully saturated rings. The van der Waals surface area contributed by atoms with Gasteiger partial charge in [0.25, 0.3) is 0 Å². The van der Waals surface area contributed by atoms with Gasteiger partial charge in [-0.05, 0) is 19.4 Å². The van der Waals surface area contributed by atoms with Crippen LogP contribution in [-0.2, 0) is 6.54 Å². The van der Waals surface area contributed by atoms with E-state index in [1.807, 2.05) is 18.4 Å². The summed E-state index contributed by atoms with van der Waals surface area (Å²) in [5.41, 5.74) is 3.17. The summed E-state index contributed by atoms with van der Waals surface area (Å²) in [6.45, 7) is 4.56. The topological polar surface area (TPSA) is 30.7 Å². The van der Waals surface area contributed by atoms with Crippen LogP contribution in [0.15, 0.2) is 6.20 Å². The lowest BCUT2D eigenvalue weighted by Crippen LogP contribution is -1.98. The maximum atomic E-state index is 6.01. The number of hydrogen-bond acceptors (Lipinski definition) is 2. The lowest BCUT2D eigenvalue weighted by Gasteiger charge is -2.02. The quantitative estimate of drug-likeness (QED) is 0.690. The van der Waals surface area contributed by atoms with Crippen molar-refractivity contribution in [2.45, 2.75) is 20.4 Å². The van der Waals surface area contributed by atoms with Crippen LogP contribution >= 0.6 is 11.6 Å². The minimum absolute atomic E-state index is 0.434. The Morgan fingerprint density at radius 1 is 1.53 bits per heavy atom. The normalized spacial score (nSPS) is 10.5. The Hall–Kier alpha value is -1.53. The standard InChI is InChI=1S/C11H10ClN3/c1-4-5-15-8(3)7(2)10-9(15)6-13-14-11(10)12/h1,6H,5H2,2-3H3. The third-order valence-corrected chi connectivity index (χ3v) is 2.92. The number of halogens is 1. The Balaban J connectivity index is 2.88. The SMILES string of the molecule is C#CCn1c(C)c(C)c2c(Cl)nncc21. The summed E-state index contributed by atoms with van der Waals surface area (Å²) in [5.74, 6) is 2.62. The summed E-state index contributed by atoms with van der Waals surface area (Å²) < 4.78 is 2.02. The highest BCUT2D eigenvalue weighted by atomic mass is 35.5. The number of fused-ring (bicyclic) bond motifs is 1. The molecule has 4 heteroatoms. The first-order valence-corrected chi connectivity index (χ1v) is 4.94. The lowest BCUT2D eigenvalue weighted by atomic mass is 10.2. The molecule has 2 heterocycles. The Morgan fingerprint density at radius 2 is 2.27 bits per heavy atom. The van der Waals surface area contributed by atoms with E-state index in [9.17, 15) is 0 Å². The number of rotatable bonds is 1. The van der Waals surface area contributed by atoms with Gasteiger partial charge in [-0.1, -0.05) is 17.5 Å². The van der Waals surface area contributed by atoms with Crippen molar-refractivity contribution in [1.29, 1.82) is 0 Å². The molecule has 0 spiro atoms. The molecule has 0 saturated carbocycles. The lowest BCUT2D eigenvalue weighted by molar-refractivity contribution is 0.838. The van der Waals surface area contributed by atoms with E-state index in [0.717, 1.165) is 22.2 Å². The molecule has 0 aliphatic rings. The molecule has 0 amide bonds. The first-order chi connectivity index (χ1) is 7.16. The zero-order chi connectivity index (χ0) is 11.0. The maximum absolute atomic E-state index is 6.01. The van der Waals surface area contributed by atoms with Gasteiger partial charge in [-0.15, -0.1) is 11.5 Å². The Kier molecular flexibility index (Phi) is 2.37. The second kappa shape index (κ2) is 3.56. The molecule has 0 N–H and O–H groups in total. The van der Waals surface area contributed by atoms with E-state index in [1.54, 1.807) is 6.20 Å². The molecule has 2 aromatic heterocycles. The Morgan fingerprint density at radius 3 is 2.93 bits per heavy atom. The molecular weight excluding hydrogens is 210 g/mol. The van der Waals surface area contributed by atoms with Crippen LogP contribution in [-0.4, -0.2) is 14.8 Å². The van der Waals surface area contributed by atoms with Crippen molar-refractivity contribution in [2.75, 3.05) is 0 Å². The van der Waals surface area contributed by atoms with E-state index in [1.165, 1.54) is 0 Å². The van der Waals surface area contributed by atoms with Crippen LogP contribution < -0.4 is 0 Å². The van der Waals surface area contributed by atoms with Crippen LogP contribution in [0.3, 0.4) is 0 Å². The molecule has 0 aliphatic carbocycles. The van der Waals surface area contributed by atoms with E-state index >= 15 is 0 Å². The molecule has 76 valence electrons. The Labute approximate surface area is 93.1 Å². The molecule has 0 unspecified atom stereocenters. The highest BCUT2D eigenvalue weighted by molar-refractivity contribution is 6.34. The minimum atomic E-state index is 0.434. The van der Waals surface area contributed by atoms with E-state index < -0.39 is 0 Å². The van der Waals surface area contributed by atoms with Crippen LogP contribution in [0.1, 0.15) is 11.3 Å². The van der Waals surface area contributed by atoms with Crippen LogP contribution in [0.4, 0.5) is 0 Å². The highest BCUT2D eigenvalue weighted by Gasteiger charge is 2.13. The van der Waals surface area contributed by atoms with Crippen molar-refractivity contribution < 1.29 is 0 Å². The van der Waals surface area contributed by atoms with Crippen molar-refractivity contribution in [2.24, 2.45) is 0 Å². The number of aryl methyl sites for hydroxylation is 1. The number of aromatic nitrogens is 3. The largest absolute Gasteiger partial charge is 0.332 e. The predicted octanol–water partition coefficient (Wildman–Crippen LogP) is 2.33. The van der Waals surface area contributed by atoms with Gasteiger partial charge >= 0.3 is 0 Å². The van der Waals surface area contributed by atoms with Crippen LogP contribution in [0.2, 0.25) is 5.15 Å². The summed E-state index contributed by atoms with van der Waals surface area (Å²) >= 11 is 6.01. The number of terminal acetylenes is 1. The summed E-state index contributed by atoms with van der Waals surface area (Å²) in [7, 11) is 0. The fraction of sp³-hybridized carbons (Fsp3) is 0.273. The van der Waals surface area contributed by atoms with Crippen molar-refractivity contribution in [3.05, 3.63) is 22.6 Å². The molecule has 15 heavy (non-hydrogen) atoms. The van der Waals surface area contributed by atoms with Gasteiger partial charge in [0.15, 0.2) is 5.15 Å². The number of hydrogen-bond donors (Lipinski definition) is 0. The fourth-order valence-electron chi connectivity index (χ4n) is 1.77. The molecular formula is C11H10ClN3. The van der Waals surface area contributed by atoms with Crippen LogP contribution in [0.5, 0.6) is 0 Å². The molecule has 0 saturated heterocycles. The average Bonchev–Trinajstić information content (AvgIpc) is 2.45. The monoisotopic (exact) mass is 219 g/mol. The van der Waals surface area contributed by atoms with Gasteiger partial charge in [0.1, 0.15) is 0 Å². The first kappa shape index (κ1) is 10.0. The molecule has 2 aromatic rings. The third-order valence-electron chi connectivity index (χ3n) is 2.65. The predicted molar refractivity (Wildman–Crippen MR) is 60.8 cm³/mol. The van der Waals surface area contributed by atoms with Crippen molar-refractivity contribution in [3.8, 4) is 12.3 Å². The zero-order valence-electron chi connectivity index (χ0n) is 8.58. The van der Waals surface area contributed by atoms with Crippen LogP contribution in [0.25, 0.3) is 10.9 Å². The summed E-state index contributed by atoms with van der Waals surface area (Å²) in [5, 5.41) is 9.05. The van der Waals surface area contributed by atoms with Gasteiger partial charge < -0.3 is 4.57 Å². The number of nitrogens with zero attached hydrogens (tertiary/aromatic N) is 3. The van der Waals surface area contributed by atoms with Crippen molar-refractivity contribution in [1.82, 2.24) is 14.8 Å². The molecule has 0 aromatic carbocycles. The third kappa shape index (κ3) is 1.38. The van der Waals surface area contributed by atoms with Gasteiger partial charge in [0.2, 0.25) is 0 Å². The average molecular weight is 220 g/mol. The van der Waals surface area contributed by atoms with Gasteiger partial charge in [0.05, 0.1) is 18.3 Å². The van der Waals surface area contributed by atoms with E-state index in [4.69, 9.17) is 18.0 Å². The smallest absolute Gasteiger partial charge is 0.161 e. The van der Waals surface area contributed by atoms with E-state index in [0.29, 0.717) is 11.7 Å². The highest BCUT2D eigenvalue weighted by Crippen LogP contribution is 2.28. The molecule has 0 aliphatic heterocycles. The molecule has 0 radical (unpaired) electrons. The van der Waals surface area contributed by atoms with Crippen molar-refractivity contribution >= 4 is 22.5 Å². The summed E-state index contributed by atoms with van der Waals surface area (Å²) in [4.78, 5) is 0. The van der Waals surface area contributed by atoms with Gasteiger partial charge in [-0.3, -0.25) is 0 Å². The second-order valence-corrected chi connectivity index (χ2v) is 3.75. The fourth-order valence-corrected chi connectivity index (χ4v) is 2.05. The Bertz CT molecular complexity index is 563. The minimum Gasteiger partial charge on any atom is -0.332 e. The summed E-state index contributed by atoms with van der Waals surface area (Å²) in [6.07, 6.45) is 7.02. The van der Waals surface area contributed by atoms with Gasteiger partial charge in [-0.2, -0.15) is 5.10 Å². The maximum Gasteiger partial charge on any atom is 0.161 e. The molecule has 3 nitrogen and oxygen atoms in total. The summed E-state index contributed by atoms with van der Waals surface area (Å²) in [6, 6.07) is 0. The first-order valence-electron chi connectivity index (χ1n) is 4.57. The van der Waals surface area contributed by atoms with E-state index in [2.05, 4.69) is 16.1 Å². The van der Waals surface area contributed by atoms with Crippen LogP contribution in [0, 0.1) is 26.2 Å². The van der Waals surface area contributed by atoms with E-state index in [-0.39, 0.29) is 0 Å². The zero-order valence-corrected chi connectivity index (χ0v) is 9.34. The molecule has 0 bridgehead atoms. The van der Waals surface area contributed by atoms with Gasteiger partial charge in [0, 0.05) is 11.1 Å². The van der Waals surface area contributed by atoms with Gasteiger partial charge in [-0.25, -0.2) is 0 Å². The second-order valence-electron chi connectivity index (χ2n) is 3.40. The van der Waals surface area contributed by atoms with Crippen molar-refractivity contribution in [3.63, 3.8) is 0 Å². The molecule has 0 atom stereocenters.